The van der Waals surface area contributed by atoms with Gasteiger partial charge in [-0.15, -0.1) is 0 Å². The van der Waals surface area contributed by atoms with Gasteiger partial charge in [-0.3, -0.25) is 0 Å². The molecule has 2 aliphatic rings. The molecule has 1 aromatic carbocycles. The van der Waals surface area contributed by atoms with Crippen LogP contribution in [-0.4, -0.2) is 37.0 Å². The molecule has 2 atom stereocenters. The summed E-state index contributed by atoms with van der Waals surface area (Å²) in [6.07, 6.45) is 4.02. The third-order valence-electron chi connectivity index (χ3n) is 5.51. The van der Waals surface area contributed by atoms with E-state index in [1.807, 2.05) is 6.92 Å². The second-order valence-corrected chi connectivity index (χ2v) is 9.39. The van der Waals surface area contributed by atoms with E-state index in [0.717, 1.165) is 37.7 Å². The number of aryl methyl sites for hydroxylation is 2. The van der Waals surface area contributed by atoms with Gasteiger partial charge in [0.2, 0.25) is 10.0 Å². The minimum atomic E-state index is -3.56. The van der Waals surface area contributed by atoms with Gasteiger partial charge in [-0.2, -0.15) is 4.31 Å². The molecule has 6 heteroatoms. The zero-order valence-electron chi connectivity index (χ0n) is 13.7. The molecule has 0 unspecified atom stereocenters. The Morgan fingerprint density at radius 1 is 1.22 bits per heavy atom. The van der Waals surface area contributed by atoms with Crippen molar-refractivity contribution in [2.45, 2.75) is 57.0 Å². The molecule has 0 radical (unpaired) electrons. The van der Waals surface area contributed by atoms with Crippen molar-refractivity contribution in [3.63, 3.8) is 0 Å². The highest BCUT2D eigenvalue weighted by molar-refractivity contribution is 7.89. The molecular weight excluding hydrogens is 334 g/mol. The topological polar surface area (TPSA) is 57.6 Å². The largest absolute Gasteiger partial charge is 0.392 e. The summed E-state index contributed by atoms with van der Waals surface area (Å²) in [5.41, 5.74) is 1.19. The highest BCUT2D eigenvalue weighted by Crippen LogP contribution is 2.46. The fourth-order valence-electron chi connectivity index (χ4n) is 4.09. The number of hydrogen-bond donors (Lipinski definition) is 1. The van der Waals surface area contributed by atoms with Crippen LogP contribution in [0.2, 0.25) is 5.02 Å². The van der Waals surface area contributed by atoms with Crippen LogP contribution in [0.5, 0.6) is 0 Å². The summed E-state index contributed by atoms with van der Waals surface area (Å²) in [5, 5.41) is 10.9. The van der Waals surface area contributed by atoms with Crippen molar-refractivity contribution in [1.82, 2.24) is 4.31 Å². The predicted molar refractivity (Wildman–Crippen MR) is 91.2 cm³/mol. The summed E-state index contributed by atoms with van der Waals surface area (Å²) in [6, 6.07) is 3.38. The third kappa shape index (κ3) is 2.93. The number of halogens is 1. The van der Waals surface area contributed by atoms with Gasteiger partial charge in [-0.25, -0.2) is 8.42 Å². The molecule has 1 aliphatic carbocycles. The molecule has 0 bridgehead atoms. The van der Waals surface area contributed by atoms with Crippen LogP contribution in [0.3, 0.4) is 0 Å². The minimum absolute atomic E-state index is 0.249. The van der Waals surface area contributed by atoms with Gasteiger partial charge in [0.25, 0.3) is 0 Å². The average Bonchev–Trinajstić information content (AvgIpc) is 2.83. The molecule has 1 saturated carbocycles. The van der Waals surface area contributed by atoms with Crippen LogP contribution >= 0.6 is 11.6 Å². The van der Waals surface area contributed by atoms with Crippen LogP contribution in [0.4, 0.5) is 0 Å². The standard InChI is InChI=1S/C17H24ClNO3S/c1-12-10-15(13(2)9-14(12)18)23(21,22)19-8-4-7-17(11-19)6-3-5-16(17)20/h9-10,16,20H,3-8,11H2,1-2H3/t16-,17-/m1/s1. The molecule has 2 fully saturated rings. The number of sulfonamides is 1. The van der Waals surface area contributed by atoms with Crippen molar-refractivity contribution in [3.8, 4) is 0 Å². The fraction of sp³-hybridized carbons (Fsp3) is 0.647. The quantitative estimate of drug-likeness (QED) is 0.883. The normalized spacial score (nSPS) is 29.3. The van der Waals surface area contributed by atoms with Gasteiger partial charge in [-0.1, -0.05) is 18.0 Å². The molecule has 3 rings (SSSR count). The van der Waals surface area contributed by atoms with Crippen LogP contribution in [0.25, 0.3) is 0 Å². The summed E-state index contributed by atoms with van der Waals surface area (Å²) < 4.78 is 27.8. The number of rotatable bonds is 2. The van der Waals surface area contributed by atoms with E-state index in [2.05, 4.69) is 0 Å². The Balaban J connectivity index is 1.95. The molecule has 4 nitrogen and oxygen atoms in total. The maximum Gasteiger partial charge on any atom is 0.243 e. The monoisotopic (exact) mass is 357 g/mol. The first-order valence-electron chi connectivity index (χ1n) is 8.21. The Hall–Kier alpha value is -0.620. The Bertz CT molecular complexity index is 719. The van der Waals surface area contributed by atoms with Crippen LogP contribution in [0.1, 0.15) is 43.2 Å². The lowest BCUT2D eigenvalue weighted by Gasteiger charge is -2.42. The van der Waals surface area contributed by atoms with Gasteiger partial charge in [-0.05, 0) is 62.8 Å². The number of aliphatic hydroxyl groups excluding tert-OH is 1. The van der Waals surface area contributed by atoms with Gasteiger partial charge in [0.15, 0.2) is 0 Å². The number of piperidine rings is 1. The Morgan fingerprint density at radius 2 is 1.91 bits per heavy atom. The summed E-state index contributed by atoms with van der Waals surface area (Å²) in [5.74, 6) is 0. The van der Waals surface area contributed by atoms with E-state index in [1.54, 1.807) is 23.4 Å². The van der Waals surface area contributed by atoms with Crippen molar-refractivity contribution < 1.29 is 13.5 Å². The summed E-state index contributed by atoms with van der Waals surface area (Å²) in [6.45, 7) is 4.55. The highest BCUT2D eigenvalue weighted by atomic mass is 35.5. The van der Waals surface area contributed by atoms with E-state index in [9.17, 15) is 13.5 Å². The number of hydrogen-bond acceptors (Lipinski definition) is 3. The molecule has 128 valence electrons. The van der Waals surface area contributed by atoms with Crippen molar-refractivity contribution in [1.29, 1.82) is 0 Å². The Labute approximate surface area is 143 Å². The van der Waals surface area contributed by atoms with Crippen LogP contribution in [0.15, 0.2) is 17.0 Å². The molecule has 1 heterocycles. The van der Waals surface area contributed by atoms with E-state index in [0.29, 0.717) is 28.6 Å². The van der Waals surface area contributed by atoms with Crippen molar-refractivity contribution in [3.05, 3.63) is 28.3 Å². The van der Waals surface area contributed by atoms with Crippen LogP contribution < -0.4 is 0 Å². The lowest BCUT2D eigenvalue weighted by molar-refractivity contribution is 0.0127. The molecule has 0 aromatic heterocycles. The zero-order chi connectivity index (χ0) is 16.8. The van der Waals surface area contributed by atoms with E-state index in [1.165, 1.54) is 0 Å². The molecular formula is C17H24ClNO3S. The minimum Gasteiger partial charge on any atom is -0.392 e. The number of nitrogens with zero attached hydrogens (tertiary/aromatic N) is 1. The zero-order valence-corrected chi connectivity index (χ0v) is 15.3. The predicted octanol–water partition coefficient (Wildman–Crippen LogP) is 3.27. The first kappa shape index (κ1) is 17.2. The molecule has 1 aromatic rings. The van der Waals surface area contributed by atoms with E-state index < -0.39 is 10.0 Å². The van der Waals surface area contributed by atoms with E-state index in [4.69, 9.17) is 11.6 Å². The van der Waals surface area contributed by atoms with Crippen LogP contribution in [-0.2, 0) is 10.0 Å². The molecule has 1 aliphatic heterocycles. The van der Waals surface area contributed by atoms with E-state index >= 15 is 0 Å². The maximum absolute atomic E-state index is 13.1. The Kier molecular flexibility index (Phi) is 4.51. The first-order chi connectivity index (χ1) is 10.8. The smallest absolute Gasteiger partial charge is 0.243 e. The second-order valence-electron chi connectivity index (χ2n) is 7.08. The van der Waals surface area contributed by atoms with Crippen molar-refractivity contribution >= 4 is 21.6 Å². The van der Waals surface area contributed by atoms with E-state index in [-0.39, 0.29) is 11.5 Å². The summed E-state index contributed by atoms with van der Waals surface area (Å²) >= 11 is 6.10. The second kappa shape index (κ2) is 6.03. The van der Waals surface area contributed by atoms with Gasteiger partial charge in [0, 0.05) is 23.5 Å². The van der Waals surface area contributed by atoms with Gasteiger partial charge < -0.3 is 5.11 Å². The molecule has 1 spiro atoms. The molecule has 0 amide bonds. The first-order valence-corrected chi connectivity index (χ1v) is 10.0. The van der Waals surface area contributed by atoms with Gasteiger partial charge in [0.1, 0.15) is 0 Å². The summed E-state index contributed by atoms with van der Waals surface area (Å²) in [7, 11) is -3.56. The SMILES string of the molecule is Cc1cc(S(=O)(=O)N2CCC[C@]3(CCC[C@H]3O)C2)c(C)cc1Cl. The van der Waals surface area contributed by atoms with Crippen molar-refractivity contribution in [2.75, 3.05) is 13.1 Å². The molecule has 23 heavy (non-hydrogen) atoms. The average molecular weight is 358 g/mol. The van der Waals surface area contributed by atoms with Gasteiger partial charge in [0.05, 0.1) is 11.0 Å². The summed E-state index contributed by atoms with van der Waals surface area (Å²) in [4.78, 5) is 0.337. The molecule has 1 saturated heterocycles. The number of aliphatic hydroxyl groups is 1. The number of benzene rings is 1. The van der Waals surface area contributed by atoms with Crippen molar-refractivity contribution in [2.24, 2.45) is 5.41 Å². The Morgan fingerprint density at radius 3 is 2.57 bits per heavy atom. The molecule has 1 N–H and O–H groups in total. The van der Waals surface area contributed by atoms with Crippen LogP contribution in [0, 0.1) is 19.3 Å². The third-order valence-corrected chi connectivity index (χ3v) is 7.90. The highest BCUT2D eigenvalue weighted by Gasteiger charge is 2.47. The fourth-order valence-corrected chi connectivity index (χ4v) is 6.17. The maximum atomic E-state index is 13.1. The lowest BCUT2D eigenvalue weighted by atomic mass is 9.77. The lowest BCUT2D eigenvalue weighted by Crippen LogP contribution is -2.49. The van der Waals surface area contributed by atoms with Gasteiger partial charge >= 0.3 is 0 Å².